The lowest BCUT2D eigenvalue weighted by Gasteiger charge is -2.09. The molecule has 0 aliphatic carbocycles. The van der Waals surface area contributed by atoms with E-state index in [1.807, 2.05) is 42.1 Å². The van der Waals surface area contributed by atoms with Crippen molar-refractivity contribution in [2.24, 2.45) is 0 Å². The molecule has 0 heterocycles. The molecule has 0 amide bonds. The number of halogens is 1. The number of phenolic OH excluding ortho intramolecular Hbond substituents is 1. The van der Waals surface area contributed by atoms with Gasteiger partial charge in [-0.25, -0.2) is 0 Å². The predicted molar refractivity (Wildman–Crippen MR) is 62.4 cm³/mol. The Hall–Kier alpha value is -0.330. The van der Waals surface area contributed by atoms with Crippen molar-refractivity contribution in [2.75, 3.05) is 7.11 Å². The van der Waals surface area contributed by atoms with E-state index in [0.717, 1.165) is 16.7 Å². The summed E-state index contributed by atoms with van der Waals surface area (Å²) in [5, 5.41) is 9.81. The first-order chi connectivity index (χ1) is 6.69. The van der Waals surface area contributed by atoms with Crippen LogP contribution in [0.5, 0.6) is 5.75 Å². The van der Waals surface area contributed by atoms with Gasteiger partial charge in [0.2, 0.25) is 0 Å². The van der Waals surface area contributed by atoms with E-state index >= 15 is 0 Å². The Kier molecular flexibility index (Phi) is 4.64. The number of hydrogen-bond acceptors (Lipinski definition) is 3. The number of ether oxygens (including phenoxy) is 1. The zero-order chi connectivity index (χ0) is 10.6. The monoisotopic (exact) mass is 308 g/mol. The highest BCUT2D eigenvalue weighted by Gasteiger charge is 2.08. The van der Waals surface area contributed by atoms with Crippen molar-refractivity contribution in [2.45, 2.75) is 20.1 Å². The van der Waals surface area contributed by atoms with Crippen LogP contribution in [-0.4, -0.2) is 12.2 Å². The molecule has 1 N–H and O–H groups in total. The molecule has 0 bridgehead atoms. The average Bonchev–Trinajstić information content (AvgIpc) is 2.14. The van der Waals surface area contributed by atoms with Gasteiger partial charge in [-0.3, -0.25) is 0 Å². The van der Waals surface area contributed by atoms with Gasteiger partial charge in [-0.05, 0) is 6.92 Å². The lowest BCUT2D eigenvalue weighted by atomic mass is 10.1. The number of rotatable bonds is 4. The van der Waals surface area contributed by atoms with Crippen LogP contribution < -0.4 is 0 Å². The van der Waals surface area contributed by atoms with Crippen LogP contribution in [-0.2, 0) is 21.0 Å². The van der Waals surface area contributed by atoms with Crippen LogP contribution in [0.2, 0.25) is 0 Å². The maximum atomic E-state index is 9.81. The summed E-state index contributed by atoms with van der Waals surface area (Å²) in [6, 6.07) is 3.82. The molecule has 0 aliphatic heterocycles. The molecule has 0 radical (unpaired) electrons. The van der Waals surface area contributed by atoms with Crippen LogP contribution in [0, 0.1) is 6.92 Å². The van der Waals surface area contributed by atoms with Gasteiger partial charge in [-0.1, -0.05) is 17.7 Å². The van der Waals surface area contributed by atoms with Gasteiger partial charge in [0.1, 0.15) is 28.8 Å². The SMILES string of the molecule is COCc1cc(C)cc(COI)c1O. The lowest BCUT2D eigenvalue weighted by Crippen LogP contribution is -1.94. The molecule has 0 aromatic heterocycles. The van der Waals surface area contributed by atoms with E-state index in [4.69, 9.17) is 7.80 Å². The van der Waals surface area contributed by atoms with Crippen LogP contribution in [0.1, 0.15) is 16.7 Å². The third-order valence-corrected chi connectivity index (χ3v) is 2.23. The van der Waals surface area contributed by atoms with E-state index < -0.39 is 0 Å². The topological polar surface area (TPSA) is 38.7 Å². The molecule has 1 rings (SSSR count). The minimum atomic E-state index is 0.272. The zero-order valence-electron chi connectivity index (χ0n) is 8.21. The highest BCUT2D eigenvalue weighted by atomic mass is 127. The van der Waals surface area contributed by atoms with Crippen molar-refractivity contribution in [3.8, 4) is 5.75 Å². The molecule has 1 aromatic carbocycles. The quantitative estimate of drug-likeness (QED) is 0.869. The second-order valence-electron chi connectivity index (χ2n) is 3.12. The van der Waals surface area contributed by atoms with Gasteiger partial charge in [0.15, 0.2) is 0 Å². The molecule has 0 saturated carbocycles. The summed E-state index contributed by atoms with van der Waals surface area (Å²) in [5.41, 5.74) is 2.70. The van der Waals surface area contributed by atoms with E-state index in [9.17, 15) is 5.11 Å². The number of aryl methyl sites for hydroxylation is 1. The van der Waals surface area contributed by atoms with Crippen molar-refractivity contribution in [3.63, 3.8) is 0 Å². The largest absolute Gasteiger partial charge is 0.507 e. The summed E-state index contributed by atoms with van der Waals surface area (Å²) in [5.74, 6) is 0.272. The van der Waals surface area contributed by atoms with Crippen LogP contribution in [0.4, 0.5) is 0 Å². The average molecular weight is 308 g/mol. The van der Waals surface area contributed by atoms with Crippen molar-refractivity contribution in [1.29, 1.82) is 0 Å². The van der Waals surface area contributed by atoms with Crippen LogP contribution in [0.25, 0.3) is 0 Å². The Balaban J connectivity index is 3.04. The molecule has 0 spiro atoms. The van der Waals surface area contributed by atoms with Gasteiger partial charge < -0.3 is 12.9 Å². The highest BCUT2D eigenvalue weighted by molar-refractivity contribution is 14.1. The maximum absolute atomic E-state index is 9.81. The van der Waals surface area contributed by atoms with Gasteiger partial charge >= 0.3 is 0 Å². The van der Waals surface area contributed by atoms with Crippen LogP contribution >= 0.6 is 23.0 Å². The van der Waals surface area contributed by atoms with Crippen LogP contribution in [0.15, 0.2) is 12.1 Å². The Morgan fingerprint density at radius 1 is 1.29 bits per heavy atom. The molecule has 0 fully saturated rings. The van der Waals surface area contributed by atoms with Crippen molar-refractivity contribution >= 4 is 23.0 Å². The highest BCUT2D eigenvalue weighted by Crippen LogP contribution is 2.26. The van der Waals surface area contributed by atoms with Crippen molar-refractivity contribution in [3.05, 3.63) is 28.8 Å². The Bertz CT molecular complexity index is 285. The summed E-state index contributed by atoms with van der Waals surface area (Å²) < 4.78 is 9.96. The van der Waals surface area contributed by atoms with Crippen LogP contribution in [0.3, 0.4) is 0 Å². The fraction of sp³-hybridized carbons (Fsp3) is 0.400. The van der Waals surface area contributed by atoms with Gasteiger partial charge in [0.05, 0.1) is 13.2 Å². The fourth-order valence-corrected chi connectivity index (χ4v) is 1.70. The molecule has 4 heteroatoms. The van der Waals surface area contributed by atoms with E-state index in [1.165, 1.54) is 0 Å². The fourth-order valence-electron chi connectivity index (χ4n) is 1.37. The summed E-state index contributed by atoms with van der Waals surface area (Å²) in [6.07, 6.45) is 0. The number of benzene rings is 1. The molecular weight excluding hydrogens is 295 g/mol. The molecule has 0 aliphatic rings. The molecule has 0 saturated heterocycles. The summed E-state index contributed by atoms with van der Waals surface area (Å²) in [7, 11) is 1.61. The first kappa shape index (κ1) is 11.7. The number of phenols is 1. The van der Waals surface area contributed by atoms with Gasteiger partial charge in [0.25, 0.3) is 0 Å². The smallest absolute Gasteiger partial charge is 0.126 e. The minimum absolute atomic E-state index is 0.272. The summed E-state index contributed by atoms with van der Waals surface area (Å²) >= 11 is 1.81. The number of aromatic hydroxyl groups is 1. The minimum Gasteiger partial charge on any atom is -0.507 e. The van der Waals surface area contributed by atoms with E-state index in [-0.39, 0.29) is 5.75 Å². The first-order valence-electron chi connectivity index (χ1n) is 4.23. The second-order valence-corrected chi connectivity index (χ2v) is 3.74. The van der Waals surface area contributed by atoms with E-state index in [1.54, 1.807) is 7.11 Å². The molecule has 3 nitrogen and oxygen atoms in total. The maximum Gasteiger partial charge on any atom is 0.126 e. The standard InChI is InChI=1S/C10H13IO3/c1-7-3-8(5-13-2)10(12)9(4-7)6-14-11/h3-4,12H,5-6H2,1-2H3. The van der Waals surface area contributed by atoms with E-state index in [0.29, 0.717) is 13.2 Å². The molecule has 1 aromatic rings. The lowest BCUT2D eigenvalue weighted by molar-refractivity contribution is 0.181. The molecule has 0 unspecified atom stereocenters. The zero-order valence-corrected chi connectivity index (χ0v) is 10.4. The molecule has 78 valence electrons. The van der Waals surface area contributed by atoms with Gasteiger partial charge in [-0.15, -0.1) is 0 Å². The summed E-state index contributed by atoms with van der Waals surface area (Å²) in [4.78, 5) is 0. The predicted octanol–water partition coefficient (Wildman–Crippen LogP) is 2.71. The molecular formula is C10H13IO3. The van der Waals surface area contributed by atoms with Gasteiger partial charge in [-0.2, -0.15) is 0 Å². The molecule has 14 heavy (non-hydrogen) atoms. The third-order valence-electron chi connectivity index (χ3n) is 1.92. The van der Waals surface area contributed by atoms with Crippen molar-refractivity contribution in [1.82, 2.24) is 0 Å². The van der Waals surface area contributed by atoms with Gasteiger partial charge in [0, 0.05) is 18.2 Å². The number of methoxy groups -OCH3 is 1. The van der Waals surface area contributed by atoms with E-state index in [2.05, 4.69) is 0 Å². The summed E-state index contributed by atoms with van der Waals surface area (Å²) in [6.45, 7) is 2.81. The Labute approximate surface area is 97.7 Å². The second kappa shape index (κ2) is 5.53. The molecule has 0 atom stereocenters. The number of hydrogen-bond donors (Lipinski definition) is 1. The third kappa shape index (κ3) is 2.83. The first-order valence-corrected chi connectivity index (χ1v) is 5.11. The van der Waals surface area contributed by atoms with Crippen molar-refractivity contribution < 1.29 is 12.9 Å². The Morgan fingerprint density at radius 3 is 2.36 bits per heavy atom. The normalized spacial score (nSPS) is 10.5. The Morgan fingerprint density at radius 2 is 1.86 bits per heavy atom.